The minimum atomic E-state index is -2.31. The van der Waals surface area contributed by atoms with Gasteiger partial charge >= 0.3 is 0 Å². The summed E-state index contributed by atoms with van der Waals surface area (Å²) in [5, 5.41) is 7.23. The van der Waals surface area contributed by atoms with Crippen molar-refractivity contribution in [3.05, 3.63) is 71.2 Å². The number of ether oxygens (including phenoxy) is 1. The predicted octanol–water partition coefficient (Wildman–Crippen LogP) is 3.24. The second kappa shape index (κ2) is 9.50. The Balaban J connectivity index is 1.52. The highest BCUT2D eigenvalue weighted by Gasteiger charge is 2.35. The molecule has 0 saturated carbocycles. The molecule has 1 aliphatic heterocycles. The number of aryl methyl sites for hydroxylation is 3. The lowest BCUT2D eigenvalue weighted by molar-refractivity contribution is 0.0380. The molecule has 5 rings (SSSR count). The molecule has 0 radical (unpaired) electrons. The molecule has 36 heavy (non-hydrogen) atoms. The van der Waals surface area contributed by atoms with Crippen LogP contribution in [-0.2, 0) is 24.8 Å². The van der Waals surface area contributed by atoms with Crippen molar-refractivity contribution in [3.63, 3.8) is 0 Å². The van der Waals surface area contributed by atoms with Gasteiger partial charge in [0.1, 0.15) is 17.3 Å². The lowest BCUT2D eigenvalue weighted by atomic mass is 10.1. The molecule has 0 unspecified atom stereocenters. The minimum Gasteiger partial charge on any atom is -0.382 e. The van der Waals surface area contributed by atoms with E-state index in [1.54, 1.807) is 47.9 Å². The summed E-state index contributed by atoms with van der Waals surface area (Å²) in [5.74, 6) is -0.0776. The molecule has 0 spiro atoms. The molecule has 4 heterocycles. The number of rotatable bonds is 7. The van der Waals surface area contributed by atoms with Crippen LogP contribution < -0.4 is 5.32 Å². The normalized spacial score (nSPS) is 16.5. The number of hydrogen-bond donors (Lipinski definition) is 1. The third-order valence-electron chi connectivity index (χ3n) is 6.01. The molecule has 1 atom stereocenters. The van der Waals surface area contributed by atoms with Gasteiger partial charge in [-0.3, -0.25) is 9.48 Å². The quantitative estimate of drug-likeness (QED) is 0.422. The molecule has 0 fully saturated rings. The molecule has 0 saturated heterocycles. The van der Waals surface area contributed by atoms with E-state index in [1.807, 2.05) is 6.92 Å². The molecule has 186 valence electrons. The largest absolute Gasteiger partial charge is 0.382 e. The maximum Gasteiger partial charge on any atom is 0.290 e. The number of methoxy groups -OCH3 is 1. The van der Waals surface area contributed by atoms with E-state index in [4.69, 9.17) is 7.48 Å². The number of aromatic nitrogens is 6. The van der Waals surface area contributed by atoms with Gasteiger partial charge in [-0.2, -0.15) is 5.10 Å². The van der Waals surface area contributed by atoms with E-state index in [0.29, 0.717) is 28.7 Å². The second-order valence-corrected chi connectivity index (χ2v) is 8.65. The summed E-state index contributed by atoms with van der Waals surface area (Å²) in [6.45, 7) is 1.45. The molecule has 1 amide bonds. The van der Waals surface area contributed by atoms with Crippen molar-refractivity contribution in [2.45, 2.75) is 32.9 Å². The fourth-order valence-electron chi connectivity index (χ4n) is 4.06. The Hall–Kier alpha value is -4.12. The van der Waals surface area contributed by atoms with Crippen LogP contribution in [0.4, 0.5) is 16.2 Å². The number of benzene rings is 1. The highest BCUT2D eigenvalue weighted by atomic mass is 19.1. The van der Waals surface area contributed by atoms with Gasteiger partial charge in [0.15, 0.2) is 5.82 Å². The number of nitrogens with one attached hydrogen (secondary N) is 1. The average Bonchev–Trinajstić information content (AvgIpc) is 3.48. The number of fused-ring (bicyclic) bond motifs is 1. The SMILES string of the molecule is [2H]C([2H])(c1ccc(C)c(F)c1)N1C(=O)c2nc(-c3nc(Nc4ccnn4C)ncc3C)cn2C[C@@H]1COC. The maximum absolute atomic E-state index is 14.3. The van der Waals surface area contributed by atoms with Gasteiger partial charge in [-0.05, 0) is 36.6 Å². The summed E-state index contributed by atoms with van der Waals surface area (Å²) in [6, 6.07) is 5.24. The number of anilines is 2. The zero-order valence-electron chi connectivity index (χ0n) is 22.4. The van der Waals surface area contributed by atoms with Gasteiger partial charge in [0.05, 0.1) is 27.3 Å². The van der Waals surface area contributed by atoms with Crippen LogP contribution in [-0.4, -0.2) is 59.9 Å². The monoisotopic (exact) mass is 492 g/mol. The smallest absolute Gasteiger partial charge is 0.290 e. The van der Waals surface area contributed by atoms with Crippen molar-refractivity contribution in [1.29, 1.82) is 0 Å². The lowest BCUT2D eigenvalue weighted by Crippen LogP contribution is -2.49. The summed E-state index contributed by atoms with van der Waals surface area (Å²) in [7, 11) is 3.28. The van der Waals surface area contributed by atoms with Crippen molar-refractivity contribution < 1.29 is 16.7 Å². The minimum absolute atomic E-state index is 0.0350. The van der Waals surface area contributed by atoms with Gasteiger partial charge in [0, 0.05) is 45.7 Å². The van der Waals surface area contributed by atoms with E-state index in [-0.39, 0.29) is 24.5 Å². The molecule has 1 aromatic carbocycles. The second-order valence-electron chi connectivity index (χ2n) is 8.65. The number of nitrogens with zero attached hydrogens (tertiary/aromatic N) is 7. The summed E-state index contributed by atoms with van der Waals surface area (Å²) in [4.78, 5) is 28.3. The highest BCUT2D eigenvalue weighted by Crippen LogP contribution is 2.27. The first-order valence-electron chi connectivity index (χ1n) is 12.4. The third kappa shape index (κ3) is 4.44. The molecule has 10 nitrogen and oxygen atoms in total. The number of amides is 1. The van der Waals surface area contributed by atoms with Gasteiger partial charge in [0.25, 0.3) is 5.91 Å². The number of carbonyl (C=O) groups excluding carboxylic acids is 1. The summed E-state index contributed by atoms with van der Waals surface area (Å²) >= 11 is 0. The number of imidazole rings is 1. The van der Waals surface area contributed by atoms with Crippen LogP contribution in [0.3, 0.4) is 0 Å². The van der Waals surface area contributed by atoms with Crippen LogP contribution >= 0.6 is 0 Å². The molecular formula is C25H27FN8O2. The Kier molecular flexibility index (Phi) is 5.59. The number of hydrogen-bond acceptors (Lipinski definition) is 7. The van der Waals surface area contributed by atoms with E-state index in [0.717, 1.165) is 16.5 Å². The van der Waals surface area contributed by atoms with Gasteiger partial charge < -0.3 is 19.5 Å². The maximum atomic E-state index is 14.3. The zero-order valence-corrected chi connectivity index (χ0v) is 20.4. The highest BCUT2D eigenvalue weighted by molar-refractivity contribution is 5.92. The van der Waals surface area contributed by atoms with Crippen LogP contribution in [0.15, 0.2) is 42.9 Å². The Labute approximate surface area is 210 Å². The van der Waals surface area contributed by atoms with E-state index < -0.39 is 24.3 Å². The fraction of sp³-hybridized carbons (Fsp3) is 0.320. The van der Waals surface area contributed by atoms with Gasteiger partial charge in [-0.15, -0.1) is 0 Å². The molecule has 3 aromatic heterocycles. The van der Waals surface area contributed by atoms with E-state index in [2.05, 4.69) is 25.4 Å². The van der Waals surface area contributed by atoms with Crippen LogP contribution in [0.25, 0.3) is 11.4 Å². The van der Waals surface area contributed by atoms with E-state index in [9.17, 15) is 9.18 Å². The standard InChI is InChI=1S/C25H27FN8O2/c1-15-5-6-17(9-19(15)26)11-34-18(14-36-4)12-33-13-20(29-23(33)24(34)35)22-16(2)10-27-25(31-22)30-21-7-8-28-32(21)3/h5-10,13,18H,11-12,14H2,1-4H3,(H,27,30,31)/t18-/m1/s1/i11D2. The third-order valence-corrected chi connectivity index (χ3v) is 6.01. The Morgan fingerprint density at radius 3 is 2.81 bits per heavy atom. The Bertz CT molecular complexity index is 1520. The van der Waals surface area contributed by atoms with Crippen molar-refractivity contribution in [3.8, 4) is 11.4 Å². The molecular weight excluding hydrogens is 463 g/mol. The van der Waals surface area contributed by atoms with Crippen LogP contribution in [0, 0.1) is 19.7 Å². The predicted molar refractivity (Wildman–Crippen MR) is 131 cm³/mol. The van der Waals surface area contributed by atoms with Gasteiger partial charge in [-0.25, -0.2) is 19.3 Å². The fourth-order valence-corrected chi connectivity index (χ4v) is 4.06. The number of halogens is 1. The molecule has 4 aromatic rings. The molecule has 11 heteroatoms. The van der Waals surface area contributed by atoms with Crippen molar-refractivity contribution in [2.24, 2.45) is 7.05 Å². The van der Waals surface area contributed by atoms with Gasteiger partial charge in [0.2, 0.25) is 5.95 Å². The topological polar surface area (TPSA) is 103 Å². The van der Waals surface area contributed by atoms with Crippen LogP contribution in [0.5, 0.6) is 0 Å². The summed E-state index contributed by atoms with van der Waals surface area (Å²) in [6.07, 6.45) is 5.03. The summed E-state index contributed by atoms with van der Waals surface area (Å²) < 4.78 is 40.6. The average molecular weight is 493 g/mol. The molecule has 1 aliphatic rings. The number of carbonyl (C=O) groups is 1. The first kappa shape index (κ1) is 21.2. The molecule has 0 bridgehead atoms. The van der Waals surface area contributed by atoms with E-state index in [1.165, 1.54) is 19.2 Å². The van der Waals surface area contributed by atoms with Gasteiger partial charge in [-0.1, -0.05) is 12.1 Å². The van der Waals surface area contributed by atoms with Crippen molar-refractivity contribution in [2.75, 3.05) is 19.0 Å². The van der Waals surface area contributed by atoms with Crippen molar-refractivity contribution >= 4 is 17.7 Å². The Morgan fingerprint density at radius 2 is 2.08 bits per heavy atom. The first-order valence-corrected chi connectivity index (χ1v) is 11.4. The lowest BCUT2D eigenvalue weighted by Gasteiger charge is -2.35. The summed E-state index contributed by atoms with van der Waals surface area (Å²) in [5.41, 5.74) is 2.15. The zero-order chi connectivity index (χ0) is 27.2. The van der Waals surface area contributed by atoms with E-state index >= 15 is 0 Å². The van der Waals surface area contributed by atoms with Crippen LogP contribution in [0.1, 0.15) is 30.1 Å². The first-order chi connectivity index (χ1) is 18.1. The van der Waals surface area contributed by atoms with Crippen LogP contribution in [0.2, 0.25) is 0 Å². The molecule has 1 N–H and O–H groups in total. The molecule has 0 aliphatic carbocycles. The Morgan fingerprint density at radius 1 is 1.25 bits per heavy atom. The van der Waals surface area contributed by atoms with Crippen molar-refractivity contribution in [1.82, 2.24) is 34.2 Å².